The number of rotatable bonds is 11. The molecule has 25 heavy (non-hydrogen) atoms. The zero-order valence-electron chi connectivity index (χ0n) is 14.6. The standard InChI is InChI=1S/C17H27N3O3S.ClH/c1-24(21,22)20-10-4-2-3-5-11-23-15-6-7-17-16(12-15)14(8-9-18)13-19-17;/h6-7,12-13,19-20H,2-5,8-11,18H2,1H3;1H. The first-order chi connectivity index (χ1) is 11.5. The molecule has 0 saturated carbocycles. The number of ether oxygens (including phenoxy) is 1. The Morgan fingerprint density at radius 1 is 1.20 bits per heavy atom. The lowest BCUT2D eigenvalue weighted by Gasteiger charge is -2.07. The van der Waals surface area contributed by atoms with E-state index < -0.39 is 10.0 Å². The number of aromatic nitrogens is 1. The molecular formula is C17H28ClN3O3S. The highest BCUT2D eigenvalue weighted by Gasteiger charge is 2.05. The molecule has 0 aliphatic carbocycles. The van der Waals surface area contributed by atoms with Crippen LogP contribution in [0.25, 0.3) is 10.9 Å². The first kappa shape index (κ1) is 21.8. The molecular weight excluding hydrogens is 362 g/mol. The molecule has 6 nitrogen and oxygen atoms in total. The fourth-order valence-electron chi connectivity index (χ4n) is 2.64. The third kappa shape index (κ3) is 7.64. The Morgan fingerprint density at radius 2 is 1.96 bits per heavy atom. The molecule has 2 aromatic rings. The second-order valence-electron chi connectivity index (χ2n) is 5.99. The van der Waals surface area contributed by atoms with E-state index in [2.05, 4.69) is 15.8 Å². The Kier molecular flexibility index (Phi) is 9.27. The van der Waals surface area contributed by atoms with Crippen LogP contribution in [0.4, 0.5) is 0 Å². The monoisotopic (exact) mass is 389 g/mol. The van der Waals surface area contributed by atoms with Gasteiger partial charge in [-0.3, -0.25) is 0 Å². The number of hydrogen-bond donors (Lipinski definition) is 3. The molecule has 1 aromatic heterocycles. The highest BCUT2D eigenvalue weighted by atomic mass is 35.5. The summed E-state index contributed by atoms with van der Waals surface area (Å²) in [5.41, 5.74) is 7.96. The highest BCUT2D eigenvalue weighted by molar-refractivity contribution is 7.88. The lowest BCUT2D eigenvalue weighted by molar-refractivity contribution is 0.305. The summed E-state index contributed by atoms with van der Waals surface area (Å²) in [6.07, 6.45) is 7.86. The number of H-pyrrole nitrogens is 1. The van der Waals surface area contributed by atoms with Gasteiger partial charge in [-0.1, -0.05) is 12.8 Å². The number of sulfonamides is 1. The van der Waals surface area contributed by atoms with Crippen LogP contribution in [-0.2, 0) is 16.4 Å². The number of hydrogen-bond acceptors (Lipinski definition) is 4. The van der Waals surface area contributed by atoms with Crippen LogP contribution in [0.1, 0.15) is 31.2 Å². The van der Waals surface area contributed by atoms with Gasteiger partial charge in [-0.15, -0.1) is 12.4 Å². The third-order valence-electron chi connectivity index (χ3n) is 3.86. The smallest absolute Gasteiger partial charge is 0.208 e. The van der Waals surface area contributed by atoms with E-state index in [4.69, 9.17) is 10.5 Å². The van der Waals surface area contributed by atoms with Gasteiger partial charge in [0.05, 0.1) is 12.9 Å². The molecule has 0 saturated heterocycles. The van der Waals surface area contributed by atoms with Crippen LogP contribution < -0.4 is 15.2 Å². The summed E-state index contributed by atoms with van der Waals surface area (Å²) in [5.74, 6) is 0.874. The van der Waals surface area contributed by atoms with Gasteiger partial charge in [0.15, 0.2) is 0 Å². The second kappa shape index (κ2) is 10.7. The van der Waals surface area contributed by atoms with E-state index in [0.717, 1.165) is 43.4 Å². The van der Waals surface area contributed by atoms with Crippen molar-refractivity contribution in [1.82, 2.24) is 9.71 Å². The Hall–Kier alpha value is -1.28. The molecule has 0 atom stereocenters. The maximum absolute atomic E-state index is 10.9. The summed E-state index contributed by atoms with van der Waals surface area (Å²) in [6, 6.07) is 6.06. The predicted octanol–water partition coefficient (Wildman–Crippen LogP) is 2.58. The molecule has 0 aliphatic heterocycles. The fraction of sp³-hybridized carbons (Fsp3) is 0.529. The van der Waals surface area contributed by atoms with E-state index in [-0.39, 0.29) is 12.4 Å². The summed E-state index contributed by atoms with van der Waals surface area (Å²) in [6.45, 7) is 1.81. The molecule has 0 fully saturated rings. The quantitative estimate of drug-likeness (QED) is 0.514. The Bertz CT molecular complexity index is 747. The molecule has 0 unspecified atom stereocenters. The lowest BCUT2D eigenvalue weighted by atomic mass is 10.1. The van der Waals surface area contributed by atoms with Crippen LogP contribution in [0.15, 0.2) is 24.4 Å². The minimum absolute atomic E-state index is 0. The van der Waals surface area contributed by atoms with Crippen molar-refractivity contribution in [2.75, 3.05) is 26.0 Å². The molecule has 142 valence electrons. The molecule has 0 spiro atoms. The molecule has 1 aromatic carbocycles. The van der Waals surface area contributed by atoms with Crippen molar-refractivity contribution >= 4 is 33.3 Å². The zero-order chi connectivity index (χ0) is 17.4. The van der Waals surface area contributed by atoms with E-state index in [1.165, 1.54) is 17.2 Å². The van der Waals surface area contributed by atoms with Crippen molar-refractivity contribution in [3.8, 4) is 5.75 Å². The molecule has 8 heteroatoms. The average Bonchev–Trinajstić information content (AvgIpc) is 2.92. The molecule has 0 radical (unpaired) electrons. The van der Waals surface area contributed by atoms with Gasteiger partial charge in [-0.2, -0.15) is 0 Å². The van der Waals surface area contributed by atoms with Crippen LogP contribution in [0.5, 0.6) is 5.75 Å². The predicted molar refractivity (Wildman–Crippen MR) is 105 cm³/mol. The van der Waals surface area contributed by atoms with Crippen molar-refractivity contribution in [3.63, 3.8) is 0 Å². The Labute approximate surface area is 156 Å². The van der Waals surface area contributed by atoms with Crippen LogP contribution in [0, 0.1) is 0 Å². The number of aromatic amines is 1. The van der Waals surface area contributed by atoms with Gasteiger partial charge in [-0.25, -0.2) is 13.1 Å². The summed E-state index contributed by atoms with van der Waals surface area (Å²) < 4.78 is 30.2. The van der Waals surface area contributed by atoms with Gasteiger partial charge in [0, 0.05) is 23.6 Å². The Morgan fingerprint density at radius 3 is 2.68 bits per heavy atom. The van der Waals surface area contributed by atoms with E-state index in [0.29, 0.717) is 19.7 Å². The second-order valence-corrected chi connectivity index (χ2v) is 7.82. The van der Waals surface area contributed by atoms with Gasteiger partial charge >= 0.3 is 0 Å². The largest absolute Gasteiger partial charge is 0.494 e. The molecule has 0 aliphatic rings. The minimum atomic E-state index is -3.06. The van der Waals surface area contributed by atoms with Gasteiger partial charge in [0.1, 0.15) is 5.75 Å². The van der Waals surface area contributed by atoms with Crippen molar-refractivity contribution in [2.24, 2.45) is 5.73 Å². The van der Waals surface area contributed by atoms with Crippen molar-refractivity contribution in [1.29, 1.82) is 0 Å². The minimum Gasteiger partial charge on any atom is -0.494 e. The summed E-state index contributed by atoms with van der Waals surface area (Å²) in [7, 11) is -3.06. The van der Waals surface area contributed by atoms with Gasteiger partial charge < -0.3 is 15.5 Å². The van der Waals surface area contributed by atoms with E-state index >= 15 is 0 Å². The summed E-state index contributed by atoms with van der Waals surface area (Å²) >= 11 is 0. The highest BCUT2D eigenvalue weighted by Crippen LogP contribution is 2.24. The zero-order valence-corrected chi connectivity index (χ0v) is 16.2. The summed E-state index contributed by atoms with van der Waals surface area (Å²) in [5, 5.41) is 1.17. The molecule has 0 bridgehead atoms. The molecule has 2 rings (SSSR count). The van der Waals surface area contributed by atoms with E-state index in [9.17, 15) is 8.42 Å². The molecule has 0 amide bonds. The topological polar surface area (TPSA) is 97.2 Å². The first-order valence-corrected chi connectivity index (χ1v) is 10.3. The lowest BCUT2D eigenvalue weighted by Crippen LogP contribution is -2.22. The van der Waals surface area contributed by atoms with Gasteiger partial charge in [-0.05, 0) is 49.6 Å². The first-order valence-electron chi connectivity index (χ1n) is 8.37. The SMILES string of the molecule is CS(=O)(=O)NCCCCCCOc1ccc2[nH]cc(CCN)c2c1.Cl. The number of unbranched alkanes of at least 4 members (excludes halogenated alkanes) is 3. The number of halogens is 1. The summed E-state index contributed by atoms with van der Waals surface area (Å²) in [4.78, 5) is 3.25. The number of fused-ring (bicyclic) bond motifs is 1. The molecule has 1 heterocycles. The van der Waals surface area contributed by atoms with Gasteiger partial charge in [0.2, 0.25) is 10.0 Å². The van der Waals surface area contributed by atoms with E-state index in [1.807, 2.05) is 18.3 Å². The van der Waals surface area contributed by atoms with Gasteiger partial charge in [0.25, 0.3) is 0 Å². The van der Waals surface area contributed by atoms with Crippen LogP contribution in [0.2, 0.25) is 0 Å². The van der Waals surface area contributed by atoms with Crippen molar-refractivity contribution < 1.29 is 13.2 Å². The fourth-order valence-corrected chi connectivity index (χ4v) is 3.15. The van der Waals surface area contributed by atoms with Crippen LogP contribution in [-0.4, -0.2) is 39.4 Å². The van der Waals surface area contributed by atoms with Crippen LogP contribution in [0.3, 0.4) is 0 Å². The number of nitrogens with one attached hydrogen (secondary N) is 2. The Balaban J connectivity index is 0.00000312. The third-order valence-corrected chi connectivity index (χ3v) is 4.59. The van der Waals surface area contributed by atoms with Crippen molar-refractivity contribution in [2.45, 2.75) is 32.1 Å². The molecule has 4 N–H and O–H groups in total. The van der Waals surface area contributed by atoms with E-state index in [1.54, 1.807) is 0 Å². The maximum atomic E-state index is 10.9. The normalized spacial score (nSPS) is 11.4. The maximum Gasteiger partial charge on any atom is 0.208 e. The van der Waals surface area contributed by atoms with Crippen LogP contribution >= 0.6 is 12.4 Å². The number of nitrogens with two attached hydrogens (primary N) is 1. The van der Waals surface area contributed by atoms with Crippen molar-refractivity contribution in [3.05, 3.63) is 30.0 Å². The average molecular weight is 390 g/mol. The number of benzene rings is 1.